The first kappa shape index (κ1) is 13.3. The van der Waals surface area contributed by atoms with Crippen molar-refractivity contribution in [2.45, 2.75) is 25.7 Å². The van der Waals surface area contributed by atoms with Crippen LogP contribution < -0.4 is 11.1 Å². The maximum atomic E-state index is 12.4. The van der Waals surface area contributed by atoms with E-state index in [1.165, 1.54) is 28.2 Å². The molecule has 3 N–H and O–H groups in total. The third kappa shape index (κ3) is 2.36. The van der Waals surface area contributed by atoms with Crippen LogP contribution in [0.4, 0.5) is 5.00 Å². The van der Waals surface area contributed by atoms with Crippen molar-refractivity contribution in [1.82, 2.24) is 0 Å². The summed E-state index contributed by atoms with van der Waals surface area (Å²) in [5.41, 5.74) is 7.57. The van der Waals surface area contributed by atoms with Crippen molar-refractivity contribution >= 4 is 39.5 Å². The highest BCUT2D eigenvalue weighted by Gasteiger charge is 2.21. The lowest BCUT2D eigenvalue weighted by Crippen LogP contribution is -2.17. The van der Waals surface area contributed by atoms with Gasteiger partial charge in [-0.15, -0.1) is 22.7 Å². The number of hydrogen-bond acceptors (Lipinski definition) is 4. The Morgan fingerprint density at radius 2 is 1.95 bits per heavy atom. The van der Waals surface area contributed by atoms with Crippen molar-refractivity contribution in [3.8, 4) is 0 Å². The third-order valence-electron chi connectivity index (χ3n) is 3.46. The Bertz CT molecular complexity index is 673. The molecule has 3 rings (SSSR count). The number of nitrogens with two attached hydrogens (primary N) is 1. The number of amides is 2. The van der Waals surface area contributed by atoms with Crippen molar-refractivity contribution in [3.05, 3.63) is 38.4 Å². The molecule has 0 fully saturated rings. The Balaban J connectivity index is 1.85. The van der Waals surface area contributed by atoms with Crippen molar-refractivity contribution in [3.63, 3.8) is 0 Å². The molecule has 0 saturated heterocycles. The summed E-state index contributed by atoms with van der Waals surface area (Å²) in [5, 5.41) is 7.00. The molecule has 0 aliphatic heterocycles. The van der Waals surface area contributed by atoms with E-state index in [0.717, 1.165) is 24.8 Å². The average molecular weight is 306 g/mol. The number of primary amides is 1. The van der Waals surface area contributed by atoms with Crippen LogP contribution in [0.25, 0.3) is 0 Å². The standard InChI is InChI=1S/C14H14N2O2S2/c15-12(17)9-5-6-19-14(9)16-13(18)10-7-20-11-4-2-1-3-8(10)11/h5-7H,1-4H2,(H2,15,17)(H,16,18). The van der Waals surface area contributed by atoms with Gasteiger partial charge in [-0.3, -0.25) is 9.59 Å². The van der Waals surface area contributed by atoms with Crippen LogP contribution in [0.5, 0.6) is 0 Å². The smallest absolute Gasteiger partial charge is 0.257 e. The van der Waals surface area contributed by atoms with Crippen molar-refractivity contribution in [1.29, 1.82) is 0 Å². The van der Waals surface area contributed by atoms with Crippen molar-refractivity contribution in [2.24, 2.45) is 5.73 Å². The molecule has 1 aliphatic carbocycles. The van der Waals surface area contributed by atoms with Gasteiger partial charge in [0.05, 0.1) is 11.1 Å². The molecule has 2 heterocycles. The molecule has 2 aromatic rings. The lowest BCUT2D eigenvalue weighted by atomic mass is 9.96. The number of carbonyl (C=O) groups is 2. The monoisotopic (exact) mass is 306 g/mol. The van der Waals surface area contributed by atoms with Gasteiger partial charge in [0.2, 0.25) is 0 Å². The number of carbonyl (C=O) groups excluding carboxylic acids is 2. The molecule has 0 aromatic carbocycles. The molecule has 2 aromatic heterocycles. The van der Waals surface area contributed by atoms with Gasteiger partial charge in [0.25, 0.3) is 11.8 Å². The Labute approximate surface area is 124 Å². The van der Waals surface area contributed by atoms with Crippen LogP contribution >= 0.6 is 22.7 Å². The second-order valence-electron chi connectivity index (χ2n) is 4.74. The minimum Gasteiger partial charge on any atom is -0.366 e. The number of anilines is 1. The molecule has 2 amide bonds. The Hall–Kier alpha value is -1.66. The SMILES string of the molecule is NC(=O)c1ccsc1NC(=O)c1csc2c1CCCC2. The summed E-state index contributed by atoms with van der Waals surface area (Å²) in [6.07, 6.45) is 4.37. The third-order valence-corrected chi connectivity index (χ3v) is 5.38. The summed E-state index contributed by atoms with van der Waals surface area (Å²) in [6, 6.07) is 1.63. The van der Waals surface area contributed by atoms with Gasteiger partial charge in [0, 0.05) is 10.3 Å². The van der Waals surface area contributed by atoms with Crippen LogP contribution in [0.3, 0.4) is 0 Å². The quantitative estimate of drug-likeness (QED) is 0.915. The molecule has 0 radical (unpaired) electrons. The predicted octanol–water partition coefficient (Wildman–Crippen LogP) is 3.04. The second-order valence-corrected chi connectivity index (χ2v) is 6.62. The van der Waals surface area contributed by atoms with Gasteiger partial charge in [-0.05, 0) is 42.7 Å². The molecule has 20 heavy (non-hydrogen) atoms. The molecule has 104 valence electrons. The molecule has 0 saturated carbocycles. The number of thiophene rings is 2. The highest BCUT2D eigenvalue weighted by molar-refractivity contribution is 7.14. The predicted molar refractivity (Wildman–Crippen MR) is 81.8 cm³/mol. The summed E-state index contributed by atoms with van der Waals surface area (Å²) in [4.78, 5) is 25.0. The lowest BCUT2D eigenvalue weighted by Gasteiger charge is -2.12. The summed E-state index contributed by atoms with van der Waals surface area (Å²) in [5.74, 6) is -0.664. The first-order valence-electron chi connectivity index (χ1n) is 6.44. The van der Waals surface area contributed by atoms with Gasteiger partial charge >= 0.3 is 0 Å². The highest BCUT2D eigenvalue weighted by atomic mass is 32.1. The van der Waals surface area contributed by atoms with Gasteiger partial charge < -0.3 is 11.1 Å². The Morgan fingerprint density at radius 3 is 2.75 bits per heavy atom. The first-order chi connectivity index (χ1) is 9.66. The van der Waals surface area contributed by atoms with Crippen LogP contribution in [-0.2, 0) is 12.8 Å². The van der Waals surface area contributed by atoms with E-state index in [4.69, 9.17) is 5.73 Å². The fraction of sp³-hybridized carbons (Fsp3) is 0.286. The topological polar surface area (TPSA) is 72.2 Å². The summed E-state index contributed by atoms with van der Waals surface area (Å²) < 4.78 is 0. The lowest BCUT2D eigenvalue weighted by molar-refractivity contribution is 0.100. The van der Waals surface area contributed by atoms with Gasteiger partial charge in [-0.2, -0.15) is 0 Å². The molecule has 6 heteroatoms. The number of nitrogens with one attached hydrogen (secondary N) is 1. The summed E-state index contributed by atoms with van der Waals surface area (Å²) in [6.45, 7) is 0. The summed E-state index contributed by atoms with van der Waals surface area (Å²) in [7, 11) is 0. The number of hydrogen-bond donors (Lipinski definition) is 2. The van der Waals surface area contributed by atoms with Gasteiger partial charge in [0.15, 0.2) is 0 Å². The fourth-order valence-electron chi connectivity index (χ4n) is 2.45. The minimum atomic E-state index is -0.520. The van der Waals surface area contributed by atoms with E-state index < -0.39 is 5.91 Å². The van der Waals surface area contributed by atoms with Crippen molar-refractivity contribution < 1.29 is 9.59 Å². The van der Waals surface area contributed by atoms with Gasteiger partial charge in [0.1, 0.15) is 5.00 Å². The van der Waals surface area contributed by atoms with E-state index in [0.29, 0.717) is 10.6 Å². The van der Waals surface area contributed by atoms with Crippen LogP contribution in [0.15, 0.2) is 16.8 Å². The Morgan fingerprint density at radius 1 is 1.15 bits per heavy atom. The summed E-state index contributed by atoms with van der Waals surface area (Å²) >= 11 is 2.97. The number of fused-ring (bicyclic) bond motifs is 1. The van der Waals surface area contributed by atoms with Gasteiger partial charge in [-0.25, -0.2) is 0 Å². The number of rotatable bonds is 3. The van der Waals surface area contributed by atoms with Crippen LogP contribution in [-0.4, -0.2) is 11.8 Å². The normalized spacial score (nSPS) is 13.8. The van der Waals surface area contributed by atoms with E-state index >= 15 is 0 Å². The molecule has 0 bridgehead atoms. The van der Waals surface area contributed by atoms with E-state index in [-0.39, 0.29) is 5.91 Å². The average Bonchev–Trinajstić information content (AvgIpc) is 3.04. The molecular formula is C14H14N2O2S2. The van der Waals surface area contributed by atoms with E-state index in [1.807, 2.05) is 5.38 Å². The molecule has 0 unspecified atom stereocenters. The molecular weight excluding hydrogens is 292 g/mol. The zero-order valence-corrected chi connectivity index (χ0v) is 12.4. The fourth-order valence-corrected chi connectivity index (χ4v) is 4.37. The van der Waals surface area contributed by atoms with E-state index in [2.05, 4.69) is 5.32 Å². The Kier molecular flexibility index (Phi) is 3.58. The molecule has 0 atom stereocenters. The maximum Gasteiger partial charge on any atom is 0.257 e. The zero-order valence-electron chi connectivity index (χ0n) is 10.8. The number of aryl methyl sites for hydroxylation is 1. The maximum absolute atomic E-state index is 12.4. The largest absolute Gasteiger partial charge is 0.366 e. The minimum absolute atomic E-state index is 0.144. The van der Waals surface area contributed by atoms with Crippen LogP contribution in [0.1, 0.15) is 44.0 Å². The molecule has 1 aliphatic rings. The van der Waals surface area contributed by atoms with Crippen molar-refractivity contribution in [2.75, 3.05) is 5.32 Å². The highest BCUT2D eigenvalue weighted by Crippen LogP contribution is 2.31. The van der Waals surface area contributed by atoms with Crippen LogP contribution in [0, 0.1) is 0 Å². The second kappa shape index (κ2) is 5.38. The molecule has 4 nitrogen and oxygen atoms in total. The van der Waals surface area contributed by atoms with Gasteiger partial charge in [-0.1, -0.05) is 0 Å². The zero-order chi connectivity index (χ0) is 14.1. The van der Waals surface area contributed by atoms with E-state index in [9.17, 15) is 9.59 Å². The van der Waals surface area contributed by atoms with E-state index in [1.54, 1.807) is 22.8 Å². The first-order valence-corrected chi connectivity index (χ1v) is 8.20. The van der Waals surface area contributed by atoms with Crippen LogP contribution in [0.2, 0.25) is 0 Å². The molecule has 0 spiro atoms.